The zero-order chi connectivity index (χ0) is 29.1. The maximum atomic E-state index is 14.3. The third-order valence-corrected chi connectivity index (χ3v) is 7.59. The van der Waals surface area contributed by atoms with Gasteiger partial charge in [-0.3, -0.25) is 14.2 Å². The summed E-state index contributed by atoms with van der Waals surface area (Å²) in [6, 6.07) is 2.56. The Morgan fingerprint density at radius 2 is 1.90 bits per heavy atom. The number of aromatic nitrogens is 5. The molecule has 0 bridgehead atoms. The average molecular weight is 575 g/mol. The molecule has 3 aromatic heterocycles. The third-order valence-electron chi connectivity index (χ3n) is 6.31. The Bertz CT molecular complexity index is 1630. The molecular weight excluding hydrogens is 543 g/mol. The number of nitrogens with zero attached hydrogens (tertiary/aromatic N) is 5. The van der Waals surface area contributed by atoms with Gasteiger partial charge in [0, 0.05) is 17.2 Å². The minimum atomic E-state index is -1.14. The number of hydrogen-bond acceptors (Lipinski definition) is 9. The van der Waals surface area contributed by atoms with Crippen molar-refractivity contribution in [1.29, 1.82) is 0 Å². The molecule has 4 rings (SSSR count). The molecule has 1 amide bonds. The third kappa shape index (κ3) is 5.55. The summed E-state index contributed by atoms with van der Waals surface area (Å²) in [7, 11) is 1.42. The number of aliphatic hydroxyl groups excluding tert-OH is 1. The molecule has 2 atom stereocenters. The number of halogens is 1. The van der Waals surface area contributed by atoms with Gasteiger partial charge in [-0.1, -0.05) is 11.3 Å². The van der Waals surface area contributed by atoms with E-state index in [2.05, 4.69) is 15.5 Å². The fourth-order valence-electron chi connectivity index (χ4n) is 4.45. The van der Waals surface area contributed by atoms with E-state index < -0.39 is 35.1 Å². The Kier molecular flexibility index (Phi) is 8.81. The van der Waals surface area contributed by atoms with Crippen LogP contribution in [0.2, 0.25) is 0 Å². The average Bonchev–Trinajstić information content (AvgIpc) is 3.56. The summed E-state index contributed by atoms with van der Waals surface area (Å²) in [5.41, 5.74) is -0.554. The second-order valence-corrected chi connectivity index (χ2v) is 10.4. The number of rotatable bonds is 11. The maximum Gasteiger partial charge on any atom is 0.332 e. The van der Waals surface area contributed by atoms with Gasteiger partial charge >= 0.3 is 5.69 Å². The molecule has 12 nitrogen and oxygen atoms in total. The molecule has 0 saturated carbocycles. The number of nitrogens with one attached hydrogen (secondary N) is 1. The zero-order valence-corrected chi connectivity index (χ0v) is 23.6. The molecule has 0 aliphatic carbocycles. The lowest BCUT2D eigenvalue weighted by Gasteiger charge is -2.23. The Labute approximate surface area is 232 Å². The monoisotopic (exact) mass is 574 g/mol. The molecule has 1 aromatic carbocycles. The van der Waals surface area contributed by atoms with E-state index in [0.717, 1.165) is 15.9 Å². The summed E-state index contributed by atoms with van der Waals surface area (Å²) in [5, 5.41) is 21.3. The molecule has 40 heavy (non-hydrogen) atoms. The predicted octanol–water partition coefficient (Wildman–Crippen LogP) is 2.10. The molecule has 0 spiro atoms. The quantitative estimate of drug-likeness (QED) is 0.277. The van der Waals surface area contributed by atoms with E-state index in [-0.39, 0.29) is 31.2 Å². The van der Waals surface area contributed by atoms with Gasteiger partial charge < -0.3 is 19.9 Å². The van der Waals surface area contributed by atoms with Crippen LogP contribution in [0.4, 0.5) is 4.39 Å². The Morgan fingerprint density at radius 1 is 1.20 bits per heavy atom. The number of benzene rings is 1. The Morgan fingerprint density at radius 3 is 2.52 bits per heavy atom. The predicted molar refractivity (Wildman–Crippen MR) is 147 cm³/mol. The number of aryl methyl sites for hydroxylation is 1. The number of thiophene rings is 1. The van der Waals surface area contributed by atoms with Crippen LogP contribution in [0.15, 0.2) is 40.2 Å². The van der Waals surface area contributed by atoms with Crippen molar-refractivity contribution in [2.75, 3.05) is 20.3 Å². The van der Waals surface area contributed by atoms with Crippen LogP contribution in [0.3, 0.4) is 0 Å². The van der Waals surface area contributed by atoms with Crippen LogP contribution in [0.5, 0.6) is 5.75 Å². The topological polar surface area (TPSA) is 142 Å². The first kappa shape index (κ1) is 29.1. The van der Waals surface area contributed by atoms with Crippen molar-refractivity contribution in [3.05, 3.63) is 68.4 Å². The standard InChI is InChI=1S/C26H31FN6O6S/c1-14(2)30-22(35)16(4)32-23(36)21-15(3)24(33-28-8-9-29-33)40-25(21)31(26(32)37)13-20(39-11-10-34)18-12-17(27)6-7-19(18)38-5/h6-9,12,14,16,20,34H,10-11,13H2,1-5H3,(H,30,35)/t16-,20-/m0/s1. The molecule has 2 N–H and O–H groups in total. The fourth-order valence-corrected chi connectivity index (χ4v) is 5.67. The summed E-state index contributed by atoms with van der Waals surface area (Å²) in [5.74, 6) is -0.730. The van der Waals surface area contributed by atoms with Crippen LogP contribution in [0.25, 0.3) is 15.2 Å². The highest BCUT2D eigenvalue weighted by Gasteiger charge is 2.29. The van der Waals surface area contributed by atoms with Crippen LogP contribution in [0, 0.1) is 12.7 Å². The smallest absolute Gasteiger partial charge is 0.332 e. The Hall–Kier alpha value is -3.88. The molecular formula is C26H31FN6O6S. The van der Waals surface area contributed by atoms with Gasteiger partial charge in [0.25, 0.3) is 5.56 Å². The van der Waals surface area contributed by atoms with Crippen LogP contribution in [-0.4, -0.2) is 61.5 Å². The fraction of sp³-hybridized carbons (Fsp3) is 0.423. The lowest BCUT2D eigenvalue weighted by Crippen LogP contribution is -2.47. The van der Waals surface area contributed by atoms with Crippen molar-refractivity contribution in [1.82, 2.24) is 29.4 Å². The van der Waals surface area contributed by atoms with Crippen molar-refractivity contribution in [3.8, 4) is 10.8 Å². The van der Waals surface area contributed by atoms with Gasteiger partial charge in [0.2, 0.25) is 5.91 Å². The van der Waals surface area contributed by atoms with E-state index in [1.165, 1.54) is 54.0 Å². The lowest BCUT2D eigenvalue weighted by molar-refractivity contribution is -0.124. The summed E-state index contributed by atoms with van der Waals surface area (Å²) >= 11 is 1.13. The number of hydrogen-bond donors (Lipinski definition) is 2. The largest absolute Gasteiger partial charge is 0.496 e. The van der Waals surface area contributed by atoms with E-state index in [4.69, 9.17) is 9.47 Å². The first-order chi connectivity index (χ1) is 19.1. The lowest BCUT2D eigenvalue weighted by atomic mass is 10.1. The number of methoxy groups -OCH3 is 1. The minimum absolute atomic E-state index is 0.110. The van der Waals surface area contributed by atoms with Gasteiger partial charge in [0.05, 0.1) is 44.6 Å². The number of amides is 1. The van der Waals surface area contributed by atoms with Gasteiger partial charge in [-0.25, -0.2) is 13.8 Å². The summed E-state index contributed by atoms with van der Waals surface area (Å²) in [6.07, 6.45) is 2.02. The van der Waals surface area contributed by atoms with Crippen molar-refractivity contribution in [2.24, 2.45) is 0 Å². The summed E-state index contributed by atoms with van der Waals surface area (Å²) in [4.78, 5) is 42.4. The number of ether oxygens (including phenoxy) is 2. The molecule has 0 radical (unpaired) electrons. The molecule has 3 heterocycles. The van der Waals surface area contributed by atoms with Crippen molar-refractivity contribution < 1.29 is 23.8 Å². The van der Waals surface area contributed by atoms with Crippen molar-refractivity contribution >= 4 is 27.5 Å². The van der Waals surface area contributed by atoms with Gasteiger partial charge in [-0.05, 0) is 45.9 Å². The molecule has 0 fully saturated rings. The molecule has 214 valence electrons. The number of carbonyl (C=O) groups is 1. The van der Waals surface area contributed by atoms with E-state index >= 15 is 0 Å². The molecule has 14 heteroatoms. The summed E-state index contributed by atoms with van der Waals surface area (Å²) < 4.78 is 27.9. The Balaban J connectivity index is 1.99. The van der Waals surface area contributed by atoms with Gasteiger partial charge in [-0.15, -0.1) is 4.80 Å². The minimum Gasteiger partial charge on any atom is -0.496 e. The van der Waals surface area contributed by atoms with E-state index in [9.17, 15) is 23.9 Å². The van der Waals surface area contributed by atoms with E-state index in [1.807, 2.05) is 0 Å². The first-order valence-corrected chi connectivity index (χ1v) is 13.4. The number of carbonyl (C=O) groups excluding carboxylic acids is 1. The van der Waals surface area contributed by atoms with Crippen LogP contribution in [-0.2, 0) is 16.1 Å². The van der Waals surface area contributed by atoms with Crippen LogP contribution in [0.1, 0.15) is 44.0 Å². The highest BCUT2D eigenvalue weighted by atomic mass is 32.1. The molecule has 0 aliphatic heterocycles. The van der Waals surface area contributed by atoms with Crippen molar-refractivity contribution in [2.45, 2.75) is 52.4 Å². The van der Waals surface area contributed by atoms with Crippen LogP contribution < -0.4 is 21.3 Å². The molecule has 4 aromatic rings. The molecule has 0 unspecified atom stereocenters. The SMILES string of the molecule is COc1ccc(F)cc1[C@H](Cn1c(=O)n([C@@H](C)C(=O)NC(C)C)c(=O)c2c(C)c(-n3nccn3)sc21)OCCO. The normalized spacial score (nSPS) is 13.1. The van der Waals surface area contributed by atoms with E-state index in [1.54, 1.807) is 20.8 Å². The summed E-state index contributed by atoms with van der Waals surface area (Å²) in [6.45, 7) is 6.13. The highest BCUT2D eigenvalue weighted by Crippen LogP contribution is 2.34. The first-order valence-electron chi connectivity index (χ1n) is 12.6. The van der Waals surface area contributed by atoms with Gasteiger partial charge in [-0.2, -0.15) is 10.2 Å². The second-order valence-electron chi connectivity index (χ2n) is 9.41. The van der Waals surface area contributed by atoms with Gasteiger partial charge in [0.1, 0.15) is 33.5 Å². The van der Waals surface area contributed by atoms with Crippen molar-refractivity contribution in [3.63, 3.8) is 0 Å². The highest BCUT2D eigenvalue weighted by molar-refractivity contribution is 7.21. The van der Waals surface area contributed by atoms with Gasteiger partial charge in [0.15, 0.2) is 0 Å². The van der Waals surface area contributed by atoms with Crippen LogP contribution >= 0.6 is 11.3 Å². The van der Waals surface area contributed by atoms with E-state index in [0.29, 0.717) is 26.7 Å². The maximum absolute atomic E-state index is 14.3. The second kappa shape index (κ2) is 12.1. The number of aliphatic hydroxyl groups is 1. The molecule has 0 aliphatic rings. The number of fused-ring (bicyclic) bond motifs is 1. The molecule has 0 saturated heterocycles. The zero-order valence-electron chi connectivity index (χ0n) is 22.8.